The van der Waals surface area contributed by atoms with E-state index in [-0.39, 0.29) is 12.6 Å². The van der Waals surface area contributed by atoms with Gasteiger partial charge in [-0.05, 0) is 25.8 Å². The second-order valence-electron chi connectivity index (χ2n) is 4.69. The van der Waals surface area contributed by atoms with Crippen LogP contribution in [0.15, 0.2) is 0 Å². The van der Waals surface area contributed by atoms with E-state index < -0.39 is 0 Å². The summed E-state index contributed by atoms with van der Waals surface area (Å²) in [6.45, 7) is 3.92. The van der Waals surface area contributed by atoms with E-state index in [4.69, 9.17) is 5.11 Å². The molecule has 1 aliphatic carbocycles. The molecule has 1 N–H and O–H groups in total. The second kappa shape index (κ2) is 7.80. The van der Waals surface area contributed by atoms with E-state index in [1.54, 1.807) is 0 Å². The number of nitrogens with zero attached hydrogens (tertiary/aromatic N) is 1. The number of Topliss-reactive ketones (excluding diaryl/α,β-unsaturated/α-hetero) is 1. The van der Waals surface area contributed by atoms with Crippen LogP contribution in [0.3, 0.4) is 0 Å². The first-order valence-corrected chi connectivity index (χ1v) is 6.67. The molecule has 0 aromatic carbocycles. The van der Waals surface area contributed by atoms with Crippen molar-refractivity contribution in [2.24, 2.45) is 0 Å². The van der Waals surface area contributed by atoms with Crippen LogP contribution in [-0.2, 0) is 4.79 Å². The monoisotopic (exact) mass is 227 g/mol. The first-order chi connectivity index (χ1) is 7.79. The van der Waals surface area contributed by atoms with Gasteiger partial charge in [-0.1, -0.05) is 26.2 Å². The van der Waals surface area contributed by atoms with Crippen LogP contribution in [0.5, 0.6) is 0 Å². The molecule has 1 fully saturated rings. The van der Waals surface area contributed by atoms with Crippen LogP contribution in [0.4, 0.5) is 0 Å². The van der Waals surface area contributed by atoms with Crippen LogP contribution in [0.25, 0.3) is 0 Å². The Morgan fingerprint density at radius 3 is 2.81 bits per heavy atom. The van der Waals surface area contributed by atoms with Crippen molar-refractivity contribution in [1.82, 2.24) is 4.90 Å². The third kappa shape index (κ3) is 4.22. The first-order valence-electron chi connectivity index (χ1n) is 6.67. The van der Waals surface area contributed by atoms with E-state index in [1.165, 1.54) is 6.42 Å². The third-order valence-electron chi connectivity index (χ3n) is 3.40. The van der Waals surface area contributed by atoms with Crippen molar-refractivity contribution in [1.29, 1.82) is 0 Å². The maximum absolute atomic E-state index is 12.0. The molecule has 0 bridgehead atoms. The Bertz CT molecular complexity index is 206. The lowest BCUT2D eigenvalue weighted by atomic mass is 10.1. The number of hydrogen-bond donors (Lipinski definition) is 1. The molecule has 3 nitrogen and oxygen atoms in total. The molecule has 0 radical (unpaired) electrons. The third-order valence-corrected chi connectivity index (χ3v) is 3.40. The molecule has 94 valence electrons. The van der Waals surface area contributed by atoms with E-state index in [0.717, 1.165) is 45.1 Å². The molecule has 16 heavy (non-hydrogen) atoms. The van der Waals surface area contributed by atoms with Crippen molar-refractivity contribution in [2.75, 3.05) is 19.7 Å². The molecule has 1 unspecified atom stereocenters. The van der Waals surface area contributed by atoms with Crippen molar-refractivity contribution in [2.45, 2.75) is 57.9 Å². The summed E-state index contributed by atoms with van der Waals surface area (Å²) < 4.78 is 0. The Morgan fingerprint density at radius 1 is 1.31 bits per heavy atom. The van der Waals surface area contributed by atoms with Crippen LogP contribution in [0.2, 0.25) is 0 Å². The molecule has 1 atom stereocenters. The van der Waals surface area contributed by atoms with E-state index in [0.29, 0.717) is 12.3 Å². The highest BCUT2D eigenvalue weighted by atomic mass is 16.3. The predicted molar refractivity (Wildman–Crippen MR) is 65.4 cm³/mol. The van der Waals surface area contributed by atoms with E-state index in [1.807, 2.05) is 0 Å². The van der Waals surface area contributed by atoms with E-state index in [2.05, 4.69) is 11.8 Å². The molecular weight excluding hydrogens is 202 g/mol. The number of ketones is 1. The molecule has 0 heterocycles. The smallest absolute Gasteiger partial charge is 0.149 e. The zero-order valence-corrected chi connectivity index (χ0v) is 10.5. The number of hydrogen-bond acceptors (Lipinski definition) is 3. The molecule has 0 aromatic heterocycles. The molecule has 1 aliphatic rings. The lowest BCUT2D eigenvalue weighted by Crippen LogP contribution is -2.42. The number of aliphatic hydroxyl groups excluding tert-OH is 1. The normalized spacial score (nSPS) is 22.4. The summed E-state index contributed by atoms with van der Waals surface area (Å²) in [6, 6.07) is 0.0844. The van der Waals surface area contributed by atoms with Gasteiger partial charge in [0.2, 0.25) is 0 Å². The fourth-order valence-electron chi connectivity index (χ4n) is 2.44. The molecule has 0 spiro atoms. The average molecular weight is 227 g/mol. The Kier molecular flexibility index (Phi) is 6.65. The summed E-state index contributed by atoms with van der Waals surface area (Å²) in [5.41, 5.74) is 0. The second-order valence-corrected chi connectivity index (χ2v) is 4.69. The SMILES string of the molecule is CCCCN(CCO)C1CCCCCC1=O. The Hall–Kier alpha value is -0.410. The zero-order valence-electron chi connectivity index (χ0n) is 10.5. The Morgan fingerprint density at radius 2 is 2.12 bits per heavy atom. The summed E-state index contributed by atoms with van der Waals surface area (Å²) >= 11 is 0. The highest BCUT2D eigenvalue weighted by molar-refractivity contribution is 5.84. The summed E-state index contributed by atoms with van der Waals surface area (Å²) in [5, 5.41) is 9.07. The summed E-state index contributed by atoms with van der Waals surface area (Å²) in [4.78, 5) is 14.2. The lowest BCUT2D eigenvalue weighted by Gasteiger charge is -2.29. The molecule has 0 saturated heterocycles. The van der Waals surface area contributed by atoms with Gasteiger partial charge in [-0.25, -0.2) is 0 Å². The van der Waals surface area contributed by atoms with Gasteiger partial charge in [-0.3, -0.25) is 9.69 Å². The highest BCUT2D eigenvalue weighted by Crippen LogP contribution is 2.19. The predicted octanol–water partition coefficient (Wildman–Crippen LogP) is 1.98. The summed E-state index contributed by atoms with van der Waals surface area (Å²) in [5.74, 6) is 0.391. The van der Waals surface area contributed by atoms with Gasteiger partial charge in [0.25, 0.3) is 0 Å². The number of aliphatic hydroxyl groups is 1. The molecule has 0 aromatic rings. The maximum Gasteiger partial charge on any atom is 0.149 e. The van der Waals surface area contributed by atoms with Gasteiger partial charge >= 0.3 is 0 Å². The fraction of sp³-hybridized carbons (Fsp3) is 0.923. The average Bonchev–Trinajstić information content (AvgIpc) is 2.49. The van der Waals surface area contributed by atoms with E-state index >= 15 is 0 Å². The molecule has 1 saturated carbocycles. The molecular formula is C13H25NO2. The van der Waals surface area contributed by atoms with Crippen molar-refractivity contribution in [3.63, 3.8) is 0 Å². The highest BCUT2D eigenvalue weighted by Gasteiger charge is 2.25. The Balaban J connectivity index is 2.54. The van der Waals surface area contributed by atoms with Gasteiger partial charge in [0, 0.05) is 13.0 Å². The molecule has 1 rings (SSSR count). The van der Waals surface area contributed by atoms with Crippen LogP contribution in [0, 0.1) is 0 Å². The minimum Gasteiger partial charge on any atom is -0.395 e. The topological polar surface area (TPSA) is 40.5 Å². The minimum absolute atomic E-state index is 0.0844. The number of carbonyl (C=O) groups excluding carboxylic acids is 1. The van der Waals surface area contributed by atoms with Crippen LogP contribution in [-0.4, -0.2) is 41.5 Å². The zero-order chi connectivity index (χ0) is 11.8. The van der Waals surface area contributed by atoms with Gasteiger partial charge in [-0.15, -0.1) is 0 Å². The van der Waals surface area contributed by atoms with Crippen LogP contribution in [0.1, 0.15) is 51.9 Å². The summed E-state index contributed by atoms with van der Waals surface area (Å²) in [6.07, 6.45) is 7.37. The van der Waals surface area contributed by atoms with Crippen molar-refractivity contribution in [3.05, 3.63) is 0 Å². The lowest BCUT2D eigenvalue weighted by molar-refractivity contribution is -0.124. The van der Waals surface area contributed by atoms with Gasteiger partial charge in [0.15, 0.2) is 0 Å². The van der Waals surface area contributed by atoms with Gasteiger partial charge in [0.05, 0.1) is 12.6 Å². The maximum atomic E-state index is 12.0. The Labute approximate surface area is 98.8 Å². The van der Waals surface area contributed by atoms with E-state index in [9.17, 15) is 4.79 Å². The largest absolute Gasteiger partial charge is 0.395 e. The van der Waals surface area contributed by atoms with Gasteiger partial charge < -0.3 is 5.11 Å². The molecule has 0 amide bonds. The minimum atomic E-state index is 0.0844. The van der Waals surface area contributed by atoms with Crippen LogP contribution >= 0.6 is 0 Å². The van der Waals surface area contributed by atoms with Crippen LogP contribution < -0.4 is 0 Å². The van der Waals surface area contributed by atoms with Crippen molar-refractivity contribution < 1.29 is 9.90 Å². The first kappa shape index (κ1) is 13.7. The number of unbranched alkanes of at least 4 members (excludes halogenated alkanes) is 1. The molecule has 0 aliphatic heterocycles. The van der Waals surface area contributed by atoms with Gasteiger partial charge in [-0.2, -0.15) is 0 Å². The quantitative estimate of drug-likeness (QED) is 0.705. The van der Waals surface area contributed by atoms with Gasteiger partial charge in [0.1, 0.15) is 5.78 Å². The standard InChI is InChI=1S/C13H25NO2/c1-2-3-9-14(10-11-15)12-7-5-4-6-8-13(12)16/h12,15H,2-11H2,1H3. The number of carbonyl (C=O) groups is 1. The molecule has 3 heteroatoms. The number of rotatable bonds is 6. The summed E-state index contributed by atoms with van der Waals surface area (Å²) in [7, 11) is 0. The van der Waals surface area contributed by atoms with Crippen molar-refractivity contribution in [3.8, 4) is 0 Å². The van der Waals surface area contributed by atoms with Crippen molar-refractivity contribution >= 4 is 5.78 Å². The fourth-order valence-corrected chi connectivity index (χ4v) is 2.44.